The number of rotatable bonds is 1. The molecule has 0 saturated carbocycles. The molecule has 2 aliphatic heterocycles. The van der Waals surface area contributed by atoms with Crippen molar-refractivity contribution >= 4 is 5.69 Å². The lowest BCUT2D eigenvalue weighted by Crippen LogP contribution is -2.47. The van der Waals surface area contributed by atoms with Crippen molar-refractivity contribution in [1.82, 2.24) is 20.3 Å². The number of likely N-dealkylation sites (tertiary alicyclic amines) is 1. The number of hydrogen-bond donors (Lipinski definition) is 1. The van der Waals surface area contributed by atoms with E-state index in [1.54, 1.807) is 6.33 Å². The van der Waals surface area contributed by atoms with E-state index in [4.69, 9.17) is 0 Å². The van der Waals surface area contributed by atoms with Crippen LogP contribution in [0.5, 0.6) is 0 Å². The average Bonchev–Trinajstić information content (AvgIpc) is 2.74. The predicted molar refractivity (Wildman–Crippen MR) is 61.9 cm³/mol. The van der Waals surface area contributed by atoms with Gasteiger partial charge in [-0.2, -0.15) is 0 Å². The van der Waals surface area contributed by atoms with Crippen LogP contribution in [0.1, 0.15) is 18.5 Å². The molecule has 1 fully saturated rings. The van der Waals surface area contributed by atoms with Gasteiger partial charge in [0.2, 0.25) is 0 Å². The van der Waals surface area contributed by atoms with Crippen molar-refractivity contribution in [2.24, 2.45) is 0 Å². The van der Waals surface area contributed by atoms with E-state index < -0.39 is 0 Å². The van der Waals surface area contributed by atoms with Gasteiger partial charge < -0.3 is 9.91 Å². The van der Waals surface area contributed by atoms with Crippen LogP contribution in [0.2, 0.25) is 0 Å². The monoisotopic (exact) mass is 219 g/mol. The van der Waals surface area contributed by atoms with Crippen LogP contribution in [-0.2, 0) is 6.54 Å². The molecule has 0 atom stereocenters. The van der Waals surface area contributed by atoms with Crippen molar-refractivity contribution in [3.8, 4) is 0 Å². The van der Waals surface area contributed by atoms with Gasteiger partial charge in [-0.05, 0) is 33.0 Å². The highest BCUT2D eigenvalue weighted by Crippen LogP contribution is 2.27. The number of hydrazine groups is 1. The molecule has 1 aromatic rings. The van der Waals surface area contributed by atoms with E-state index in [2.05, 4.69) is 32.4 Å². The third-order valence-electron chi connectivity index (χ3n) is 3.50. The van der Waals surface area contributed by atoms with Crippen LogP contribution < -0.4 is 10.4 Å². The quantitative estimate of drug-likeness (QED) is 0.740. The molecule has 5 nitrogen and oxygen atoms in total. The highest BCUT2D eigenvalue weighted by molar-refractivity contribution is 5.51. The second-order valence-corrected chi connectivity index (χ2v) is 4.59. The number of nitrogens with one attached hydrogen (secondary N) is 1. The van der Waals surface area contributed by atoms with Crippen LogP contribution in [0.3, 0.4) is 0 Å². The van der Waals surface area contributed by atoms with E-state index in [1.807, 2.05) is 6.20 Å². The third kappa shape index (κ3) is 1.66. The van der Waals surface area contributed by atoms with E-state index in [1.165, 1.54) is 25.9 Å². The molecule has 0 aliphatic carbocycles. The highest BCUT2D eigenvalue weighted by Gasteiger charge is 2.29. The van der Waals surface area contributed by atoms with Gasteiger partial charge in [-0.15, -0.1) is 0 Å². The Hall–Kier alpha value is -1.20. The molecule has 5 heteroatoms. The zero-order valence-electron chi connectivity index (χ0n) is 9.56. The van der Waals surface area contributed by atoms with E-state index in [-0.39, 0.29) is 0 Å². The molecule has 0 spiro atoms. The fraction of sp³-hybridized carbons (Fsp3) is 0.636. The number of nitrogens with zero attached hydrogens (tertiary/aromatic N) is 4. The lowest BCUT2D eigenvalue weighted by atomic mass is 10.0. The van der Waals surface area contributed by atoms with Gasteiger partial charge >= 0.3 is 0 Å². The molecular formula is C11H17N5. The van der Waals surface area contributed by atoms with Gasteiger partial charge in [0.25, 0.3) is 0 Å². The lowest BCUT2D eigenvalue weighted by molar-refractivity contribution is 0.244. The molecule has 3 heterocycles. The average molecular weight is 219 g/mol. The molecule has 1 N–H and O–H groups in total. The summed E-state index contributed by atoms with van der Waals surface area (Å²) in [6.45, 7) is 3.18. The number of piperidine rings is 1. The van der Waals surface area contributed by atoms with Crippen LogP contribution in [0.4, 0.5) is 5.69 Å². The van der Waals surface area contributed by atoms with E-state index in [9.17, 15) is 0 Å². The Balaban J connectivity index is 1.77. The first-order chi connectivity index (χ1) is 7.84. The summed E-state index contributed by atoms with van der Waals surface area (Å²) in [7, 11) is 2.19. The summed E-state index contributed by atoms with van der Waals surface area (Å²) >= 11 is 0. The van der Waals surface area contributed by atoms with Gasteiger partial charge in [0.1, 0.15) is 6.33 Å². The van der Waals surface area contributed by atoms with E-state index >= 15 is 0 Å². The fourth-order valence-corrected chi connectivity index (χ4v) is 2.51. The van der Waals surface area contributed by atoms with Gasteiger partial charge in [-0.1, -0.05) is 0 Å². The lowest BCUT2D eigenvalue weighted by Gasteiger charge is -2.35. The molecule has 16 heavy (non-hydrogen) atoms. The Morgan fingerprint density at radius 2 is 2.19 bits per heavy atom. The molecule has 0 radical (unpaired) electrons. The first-order valence-corrected chi connectivity index (χ1v) is 5.85. The molecule has 0 amide bonds. The Labute approximate surface area is 95.5 Å². The second kappa shape index (κ2) is 3.99. The molecule has 0 aromatic carbocycles. The first-order valence-electron chi connectivity index (χ1n) is 5.85. The maximum atomic E-state index is 4.29. The van der Waals surface area contributed by atoms with Crippen LogP contribution in [0.15, 0.2) is 12.5 Å². The molecule has 3 rings (SSSR count). The van der Waals surface area contributed by atoms with E-state index in [0.717, 1.165) is 17.9 Å². The minimum atomic E-state index is 0.587. The predicted octanol–water partition coefficient (Wildman–Crippen LogP) is 0.395. The van der Waals surface area contributed by atoms with Crippen molar-refractivity contribution in [3.05, 3.63) is 18.2 Å². The van der Waals surface area contributed by atoms with Gasteiger partial charge in [-0.3, -0.25) is 0 Å². The summed E-state index contributed by atoms with van der Waals surface area (Å²) in [5, 5.41) is 2.27. The zero-order valence-corrected chi connectivity index (χ0v) is 9.56. The third-order valence-corrected chi connectivity index (χ3v) is 3.50. The van der Waals surface area contributed by atoms with Crippen molar-refractivity contribution in [2.75, 3.05) is 25.1 Å². The Bertz CT molecular complexity index is 372. The molecule has 0 unspecified atom stereocenters. The second-order valence-electron chi connectivity index (χ2n) is 4.59. The van der Waals surface area contributed by atoms with E-state index in [0.29, 0.717) is 6.04 Å². The summed E-state index contributed by atoms with van der Waals surface area (Å²) in [5.41, 5.74) is 5.70. The Morgan fingerprint density at radius 3 is 3.00 bits per heavy atom. The van der Waals surface area contributed by atoms with Gasteiger partial charge in [0.05, 0.1) is 24.1 Å². The van der Waals surface area contributed by atoms with Gasteiger partial charge in [-0.25, -0.2) is 15.4 Å². The highest BCUT2D eigenvalue weighted by atomic mass is 15.5. The maximum Gasteiger partial charge on any atom is 0.115 e. The van der Waals surface area contributed by atoms with Crippen molar-refractivity contribution in [3.63, 3.8) is 0 Å². The summed E-state index contributed by atoms with van der Waals surface area (Å²) in [6.07, 6.45) is 5.95. The van der Waals surface area contributed by atoms with Crippen LogP contribution in [0.25, 0.3) is 0 Å². The standard InChI is InChI=1S/C11H17N5/c1-15-4-2-9(3-5-15)16-11-7-12-8-13-10(11)6-14-16/h7-9,14H,2-6H2,1H3. The number of hydrogen-bond acceptors (Lipinski definition) is 5. The van der Waals surface area contributed by atoms with Crippen molar-refractivity contribution < 1.29 is 0 Å². The smallest absolute Gasteiger partial charge is 0.115 e. The van der Waals surface area contributed by atoms with Crippen LogP contribution >= 0.6 is 0 Å². The SMILES string of the molecule is CN1CCC(N2NCc3ncncc32)CC1. The summed E-state index contributed by atoms with van der Waals surface area (Å²) in [5.74, 6) is 0. The fourth-order valence-electron chi connectivity index (χ4n) is 2.51. The van der Waals surface area contributed by atoms with Gasteiger partial charge in [0.15, 0.2) is 0 Å². The molecular weight excluding hydrogens is 202 g/mol. The zero-order chi connectivity index (χ0) is 11.0. The number of fused-ring (bicyclic) bond motifs is 1. The van der Waals surface area contributed by atoms with Crippen molar-refractivity contribution in [2.45, 2.75) is 25.4 Å². The molecule has 86 valence electrons. The van der Waals surface area contributed by atoms with Crippen molar-refractivity contribution in [1.29, 1.82) is 0 Å². The maximum absolute atomic E-state index is 4.29. The Morgan fingerprint density at radius 1 is 1.38 bits per heavy atom. The minimum absolute atomic E-state index is 0.587. The summed E-state index contributed by atoms with van der Waals surface area (Å²) in [6, 6.07) is 0.587. The molecule has 1 saturated heterocycles. The first kappa shape index (κ1) is 9.99. The largest absolute Gasteiger partial charge is 0.306 e. The van der Waals surface area contributed by atoms with Crippen LogP contribution in [-0.4, -0.2) is 41.0 Å². The normalized spacial score (nSPS) is 22.4. The number of anilines is 1. The topological polar surface area (TPSA) is 44.3 Å². The minimum Gasteiger partial charge on any atom is -0.306 e. The van der Waals surface area contributed by atoms with Crippen LogP contribution in [0, 0.1) is 0 Å². The molecule has 1 aromatic heterocycles. The molecule has 0 bridgehead atoms. The Kier molecular flexibility index (Phi) is 2.49. The molecule has 2 aliphatic rings. The van der Waals surface area contributed by atoms with Gasteiger partial charge in [0, 0.05) is 6.04 Å². The summed E-state index contributed by atoms with van der Waals surface area (Å²) in [4.78, 5) is 10.8. The summed E-state index contributed by atoms with van der Waals surface area (Å²) < 4.78 is 0. The number of aromatic nitrogens is 2.